The van der Waals surface area contributed by atoms with Gasteiger partial charge in [0.2, 0.25) is 0 Å². The lowest BCUT2D eigenvalue weighted by molar-refractivity contribution is -0.143. The first-order valence-electron chi connectivity index (χ1n) is 7.73. The van der Waals surface area contributed by atoms with Crippen LogP contribution in [0.1, 0.15) is 31.4 Å². The number of ether oxygens (including phenoxy) is 1. The van der Waals surface area contributed by atoms with Crippen LogP contribution in [-0.2, 0) is 22.5 Å². The molecule has 0 saturated carbocycles. The Morgan fingerprint density at radius 1 is 1.33 bits per heavy atom. The van der Waals surface area contributed by atoms with E-state index >= 15 is 0 Å². The SMILES string of the molecule is COC(=O)C(CCN1CCc2ccccc2C1)NC(C)C. The van der Waals surface area contributed by atoms with Gasteiger partial charge in [-0.2, -0.15) is 0 Å². The van der Waals surface area contributed by atoms with Crippen LogP contribution in [0.4, 0.5) is 0 Å². The van der Waals surface area contributed by atoms with E-state index in [4.69, 9.17) is 4.74 Å². The lowest BCUT2D eigenvalue weighted by Gasteiger charge is -2.30. The van der Waals surface area contributed by atoms with Crippen molar-refractivity contribution in [1.29, 1.82) is 0 Å². The van der Waals surface area contributed by atoms with Crippen LogP contribution in [0, 0.1) is 0 Å². The highest BCUT2D eigenvalue weighted by Gasteiger charge is 2.22. The van der Waals surface area contributed by atoms with Gasteiger partial charge in [-0.3, -0.25) is 9.69 Å². The van der Waals surface area contributed by atoms with Gasteiger partial charge < -0.3 is 10.1 Å². The molecule has 0 aliphatic carbocycles. The molecule has 0 aromatic heterocycles. The zero-order valence-corrected chi connectivity index (χ0v) is 13.3. The van der Waals surface area contributed by atoms with Crippen LogP contribution in [0.2, 0.25) is 0 Å². The molecule has 0 fully saturated rings. The molecule has 116 valence electrons. The Balaban J connectivity index is 1.88. The van der Waals surface area contributed by atoms with E-state index in [-0.39, 0.29) is 18.1 Å². The number of hydrogen-bond acceptors (Lipinski definition) is 4. The molecule has 2 rings (SSSR count). The highest BCUT2D eigenvalue weighted by Crippen LogP contribution is 2.18. The van der Waals surface area contributed by atoms with Gasteiger partial charge in [0, 0.05) is 25.7 Å². The third kappa shape index (κ3) is 4.55. The minimum absolute atomic E-state index is 0.166. The van der Waals surface area contributed by atoms with E-state index in [1.807, 2.05) is 13.8 Å². The van der Waals surface area contributed by atoms with Crippen molar-refractivity contribution in [2.45, 2.75) is 45.3 Å². The molecule has 1 aromatic rings. The van der Waals surface area contributed by atoms with E-state index in [2.05, 4.69) is 34.5 Å². The maximum absolute atomic E-state index is 11.8. The predicted octanol–water partition coefficient (Wildman–Crippen LogP) is 1.97. The summed E-state index contributed by atoms with van der Waals surface area (Å²) < 4.78 is 4.89. The summed E-state index contributed by atoms with van der Waals surface area (Å²) in [5.74, 6) is -0.166. The van der Waals surface area contributed by atoms with Gasteiger partial charge >= 0.3 is 5.97 Å². The van der Waals surface area contributed by atoms with Gasteiger partial charge in [-0.25, -0.2) is 0 Å². The molecule has 4 nitrogen and oxygen atoms in total. The zero-order chi connectivity index (χ0) is 15.2. The molecule has 0 spiro atoms. The first-order chi connectivity index (χ1) is 10.1. The number of methoxy groups -OCH3 is 1. The summed E-state index contributed by atoms with van der Waals surface area (Å²) in [6.07, 6.45) is 1.88. The minimum Gasteiger partial charge on any atom is -0.468 e. The van der Waals surface area contributed by atoms with Crippen LogP contribution in [0.3, 0.4) is 0 Å². The van der Waals surface area contributed by atoms with Crippen molar-refractivity contribution in [3.8, 4) is 0 Å². The molecule has 1 aliphatic rings. The molecule has 4 heteroatoms. The maximum atomic E-state index is 11.8. The number of rotatable bonds is 6. The molecule has 21 heavy (non-hydrogen) atoms. The summed E-state index contributed by atoms with van der Waals surface area (Å²) in [7, 11) is 1.45. The molecule has 1 atom stereocenters. The van der Waals surface area contributed by atoms with Crippen molar-refractivity contribution in [2.24, 2.45) is 0 Å². The average molecular weight is 290 g/mol. The summed E-state index contributed by atoms with van der Waals surface area (Å²) in [5.41, 5.74) is 2.87. The van der Waals surface area contributed by atoms with Gasteiger partial charge in [0.25, 0.3) is 0 Å². The first kappa shape index (κ1) is 16.0. The standard InChI is InChI=1S/C17H26N2O2/c1-13(2)18-16(17(20)21-3)9-11-19-10-8-14-6-4-5-7-15(14)12-19/h4-7,13,16,18H,8-12H2,1-3H3. The van der Waals surface area contributed by atoms with E-state index < -0.39 is 0 Å². The Morgan fingerprint density at radius 2 is 2.05 bits per heavy atom. The third-order valence-corrected chi connectivity index (χ3v) is 3.96. The van der Waals surface area contributed by atoms with Gasteiger partial charge in [0.1, 0.15) is 6.04 Å². The Labute approximate surface area is 127 Å². The highest BCUT2D eigenvalue weighted by atomic mass is 16.5. The van der Waals surface area contributed by atoms with Crippen LogP contribution in [0.5, 0.6) is 0 Å². The minimum atomic E-state index is -0.216. The number of esters is 1. The Bertz CT molecular complexity index is 474. The molecular weight excluding hydrogens is 264 g/mol. The van der Waals surface area contributed by atoms with E-state index in [1.165, 1.54) is 18.2 Å². The molecule has 1 aromatic carbocycles. The summed E-state index contributed by atoms with van der Waals surface area (Å²) in [5, 5.41) is 3.29. The van der Waals surface area contributed by atoms with Crippen LogP contribution in [0.25, 0.3) is 0 Å². The molecule has 0 radical (unpaired) electrons. The van der Waals surface area contributed by atoms with Crippen molar-refractivity contribution in [3.63, 3.8) is 0 Å². The topological polar surface area (TPSA) is 41.6 Å². The summed E-state index contributed by atoms with van der Waals surface area (Å²) in [4.78, 5) is 14.2. The summed E-state index contributed by atoms with van der Waals surface area (Å²) in [6, 6.07) is 8.67. The smallest absolute Gasteiger partial charge is 0.322 e. The quantitative estimate of drug-likeness (QED) is 0.813. The molecule has 1 aliphatic heterocycles. The molecule has 1 heterocycles. The summed E-state index contributed by atoms with van der Waals surface area (Å²) >= 11 is 0. The fraction of sp³-hybridized carbons (Fsp3) is 0.588. The second-order valence-electron chi connectivity index (χ2n) is 5.98. The van der Waals surface area contributed by atoms with Crippen LogP contribution < -0.4 is 5.32 Å². The van der Waals surface area contributed by atoms with E-state index in [0.29, 0.717) is 0 Å². The number of nitrogens with one attached hydrogen (secondary N) is 1. The maximum Gasteiger partial charge on any atom is 0.322 e. The lowest BCUT2D eigenvalue weighted by Crippen LogP contribution is -2.44. The van der Waals surface area contributed by atoms with Crippen molar-refractivity contribution >= 4 is 5.97 Å². The highest BCUT2D eigenvalue weighted by molar-refractivity contribution is 5.75. The van der Waals surface area contributed by atoms with Gasteiger partial charge in [-0.05, 0) is 24.0 Å². The Morgan fingerprint density at radius 3 is 2.71 bits per heavy atom. The Hall–Kier alpha value is -1.39. The van der Waals surface area contributed by atoms with Crippen molar-refractivity contribution in [2.75, 3.05) is 20.2 Å². The van der Waals surface area contributed by atoms with E-state index in [1.54, 1.807) is 0 Å². The predicted molar refractivity (Wildman–Crippen MR) is 84.1 cm³/mol. The largest absolute Gasteiger partial charge is 0.468 e. The van der Waals surface area contributed by atoms with Gasteiger partial charge in [0.15, 0.2) is 0 Å². The summed E-state index contributed by atoms with van der Waals surface area (Å²) in [6.45, 7) is 7.05. The number of benzene rings is 1. The Kier molecular flexibility index (Phi) is 5.76. The molecule has 0 bridgehead atoms. The third-order valence-electron chi connectivity index (χ3n) is 3.96. The molecule has 0 saturated heterocycles. The normalized spacial score (nSPS) is 16.6. The fourth-order valence-electron chi connectivity index (χ4n) is 2.87. The van der Waals surface area contributed by atoms with Gasteiger partial charge in [0.05, 0.1) is 7.11 Å². The number of nitrogens with zero attached hydrogens (tertiary/aromatic N) is 1. The first-order valence-corrected chi connectivity index (χ1v) is 7.73. The second kappa shape index (κ2) is 7.57. The molecule has 0 amide bonds. The molecule has 1 unspecified atom stereocenters. The van der Waals surface area contributed by atoms with Crippen molar-refractivity contribution in [3.05, 3.63) is 35.4 Å². The fourth-order valence-corrected chi connectivity index (χ4v) is 2.87. The monoisotopic (exact) mass is 290 g/mol. The lowest BCUT2D eigenvalue weighted by atomic mass is 9.99. The van der Waals surface area contributed by atoms with Gasteiger partial charge in [-0.1, -0.05) is 38.1 Å². The van der Waals surface area contributed by atoms with Gasteiger partial charge in [-0.15, -0.1) is 0 Å². The molecule has 1 N–H and O–H groups in total. The zero-order valence-electron chi connectivity index (χ0n) is 13.3. The van der Waals surface area contributed by atoms with Crippen LogP contribution in [-0.4, -0.2) is 43.2 Å². The number of carbonyl (C=O) groups excluding carboxylic acids is 1. The average Bonchev–Trinajstić information content (AvgIpc) is 2.50. The number of hydrogen-bond donors (Lipinski definition) is 1. The van der Waals surface area contributed by atoms with Crippen molar-refractivity contribution in [1.82, 2.24) is 10.2 Å². The van der Waals surface area contributed by atoms with E-state index in [9.17, 15) is 4.79 Å². The number of carbonyl (C=O) groups is 1. The van der Waals surface area contributed by atoms with Crippen LogP contribution >= 0.6 is 0 Å². The second-order valence-corrected chi connectivity index (χ2v) is 5.98. The number of fused-ring (bicyclic) bond motifs is 1. The molecular formula is C17H26N2O2. The van der Waals surface area contributed by atoms with E-state index in [0.717, 1.165) is 32.5 Å². The van der Waals surface area contributed by atoms with Crippen LogP contribution in [0.15, 0.2) is 24.3 Å². The van der Waals surface area contributed by atoms with Crippen molar-refractivity contribution < 1.29 is 9.53 Å².